The summed E-state index contributed by atoms with van der Waals surface area (Å²) in [4.78, 5) is 11.9. The Morgan fingerprint density at radius 1 is 1.44 bits per heavy atom. The van der Waals surface area contributed by atoms with Crippen LogP contribution in [0.3, 0.4) is 0 Å². The molecular formula is C12H24N2OS. The van der Waals surface area contributed by atoms with Gasteiger partial charge in [0, 0.05) is 24.1 Å². The molecule has 3 nitrogen and oxygen atoms in total. The lowest BCUT2D eigenvalue weighted by Crippen LogP contribution is -2.50. The van der Waals surface area contributed by atoms with Gasteiger partial charge in [-0.2, -0.15) is 11.8 Å². The lowest BCUT2D eigenvalue weighted by atomic mass is 10.0. The molecule has 0 spiro atoms. The minimum absolute atomic E-state index is 0.0141. The zero-order valence-electron chi connectivity index (χ0n) is 10.6. The second-order valence-electron chi connectivity index (χ2n) is 4.96. The molecule has 1 aliphatic heterocycles. The number of hydrogen-bond acceptors (Lipinski definition) is 3. The molecule has 16 heavy (non-hydrogen) atoms. The zero-order valence-corrected chi connectivity index (χ0v) is 11.4. The summed E-state index contributed by atoms with van der Waals surface area (Å²) in [6.45, 7) is 7.47. The monoisotopic (exact) mass is 244 g/mol. The fourth-order valence-electron chi connectivity index (χ4n) is 1.73. The first-order valence-electron chi connectivity index (χ1n) is 6.21. The minimum Gasteiger partial charge on any atom is -0.352 e. The van der Waals surface area contributed by atoms with E-state index in [4.69, 9.17) is 0 Å². The molecule has 0 aliphatic carbocycles. The third-order valence-corrected chi connectivity index (χ3v) is 3.87. The molecule has 2 atom stereocenters. The van der Waals surface area contributed by atoms with Crippen molar-refractivity contribution in [2.45, 2.75) is 45.7 Å². The summed E-state index contributed by atoms with van der Waals surface area (Å²) in [7, 11) is 0. The number of carbonyl (C=O) groups excluding carboxylic acids is 1. The molecular weight excluding hydrogens is 220 g/mol. The molecule has 0 radical (unpaired) electrons. The van der Waals surface area contributed by atoms with Crippen LogP contribution in [0.25, 0.3) is 0 Å². The van der Waals surface area contributed by atoms with E-state index in [9.17, 15) is 4.79 Å². The highest BCUT2D eigenvalue weighted by atomic mass is 32.2. The van der Waals surface area contributed by atoms with Crippen molar-refractivity contribution in [1.29, 1.82) is 0 Å². The summed E-state index contributed by atoms with van der Waals surface area (Å²) in [5, 5.41) is 6.35. The molecule has 94 valence electrons. The maximum atomic E-state index is 11.9. The summed E-state index contributed by atoms with van der Waals surface area (Å²) in [6.07, 6.45) is 2.25. The van der Waals surface area contributed by atoms with Gasteiger partial charge in [0.1, 0.15) is 0 Å². The van der Waals surface area contributed by atoms with E-state index < -0.39 is 0 Å². The van der Waals surface area contributed by atoms with Crippen LogP contribution in [0.5, 0.6) is 0 Å². The average molecular weight is 244 g/mol. The molecule has 0 aromatic heterocycles. The first kappa shape index (κ1) is 13.8. The Bertz CT molecular complexity index is 215. The van der Waals surface area contributed by atoms with Crippen molar-refractivity contribution in [3.05, 3.63) is 0 Å². The van der Waals surface area contributed by atoms with Gasteiger partial charge in [0.2, 0.25) is 5.91 Å². The number of carbonyl (C=O) groups is 1. The van der Waals surface area contributed by atoms with Gasteiger partial charge >= 0.3 is 0 Å². The molecule has 0 saturated carbocycles. The van der Waals surface area contributed by atoms with Crippen LogP contribution in [0.1, 0.15) is 33.6 Å². The molecule has 2 unspecified atom stereocenters. The number of hydrogen-bond donors (Lipinski definition) is 2. The normalized spacial score (nSPS) is 23.1. The van der Waals surface area contributed by atoms with Gasteiger partial charge in [-0.15, -0.1) is 0 Å². The summed E-state index contributed by atoms with van der Waals surface area (Å²) < 4.78 is 0. The van der Waals surface area contributed by atoms with Crippen LogP contribution in [0.15, 0.2) is 0 Å². The van der Waals surface area contributed by atoms with Crippen LogP contribution < -0.4 is 10.6 Å². The Balaban J connectivity index is 2.21. The smallest absolute Gasteiger partial charge is 0.238 e. The van der Waals surface area contributed by atoms with Gasteiger partial charge < -0.3 is 10.6 Å². The van der Waals surface area contributed by atoms with Crippen LogP contribution in [-0.2, 0) is 4.79 Å². The largest absolute Gasteiger partial charge is 0.352 e. The molecule has 1 fully saturated rings. The Hall–Kier alpha value is -0.220. The highest BCUT2D eigenvalue weighted by Gasteiger charge is 2.21. The topological polar surface area (TPSA) is 41.1 Å². The van der Waals surface area contributed by atoms with E-state index in [1.54, 1.807) is 0 Å². The molecule has 0 aromatic rings. The van der Waals surface area contributed by atoms with E-state index in [1.165, 1.54) is 6.42 Å². The van der Waals surface area contributed by atoms with Gasteiger partial charge in [-0.05, 0) is 25.7 Å². The van der Waals surface area contributed by atoms with E-state index in [2.05, 4.69) is 31.4 Å². The highest BCUT2D eigenvalue weighted by Crippen LogP contribution is 2.09. The van der Waals surface area contributed by atoms with Gasteiger partial charge in [0.05, 0.1) is 6.04 Å². The molecule has 1 rings (SSSR count). The van der Waals surface area contributed by atoms with E-state index in [-0.39, 0.29) is 11.9 Å². The standard InChI is InChI=1S/C12H24N2OS/c1-9(2)4-5-10(3)14-12(15)11-8-16-7-6-13-11/h9-11,13H,4-8H2,1-3H3,(H,14,15). The summed E-state index contributed by atoms with van der Waals surface area (Å²) in [6, 6.07) is 0.309. The van der Waals surface area contributed by atoms with Crippen molar-refractivity contribution in [1.82, 2.24) is 10.6 Å². The lowest BCUT2D eigenvalue weighted by Gasteiger charge is -2.24. The van der Waals surface area contributed by atoms with Crippen LogP contribution in [0.4, 0.5) is 0 Å². The lowest BCUT2D eigenvalue weighted by molar-refractivity contribution is -0.123. The summed E-state index contributed by atoms with van der Waals surface area (Å²) in [5.74, 6) is 2.90. The second kappa shape index (κ2) is 7.17. The maximum absolute atomic E-state index is 11.9. The van der Waals surface area contributed by atoms with Crippen molar-refractivity contribution in [3.63, 3.8) is 0 Å². The van der Waals surface area contributed by atoms with Gasteiger partial charge in [-0.3, -0.25) is 4.79 Å². The average Bonchev–Trinajstić information content (AvgIpc) is 2.27. The van der Waals surface area contributed by atoms with Gasteiger partial charge in [-0.25, -0.2) is 0 Å². The summed E-state index contributed by atoms with van der Waals surface area (Å²) >= 11 is 1.85. The molecule has 4 heteroatoms. The Kier molecular flexibility index (Phi) is 6.21. The number of nitrogens with one attached hydrogen (secondary N) is 2. The minimum atomic E-state index is 0.0141. The second-order valence-corrected chi connectivity index (χ2v) is 6.11. The fourth-order valence-corrected chi connectivity index (χ4v) is 2.67. The molecule has 0 aromatic carbocycles. The number of amides is 1. The van der Waals surface area contributed by atoms with Crippen molar-refractivity contribution in [2.24, 2.45) is 5.92 Å². The van der Waals surface area contributed by atoms with E-state index in [0.29, 0.717) is 12.0 Å². The van der Waals surface area contributed by atoms with E-state index in [1.807, 2.05) is 11.8 Å². The Morgan fingerprint density at radius 2 is 2.19 bits per heavy atom. The predicted octanol–water partition coefficient (Wildman–Crippen LogP) is 1.63. The molecule has 1 saturated heterocycles. The summed E-state index contributed by atoms with van der Waals surface area (Å²) in [5.41, 5.74) is 0. The number of rotatable bonds is 5. The van der Waals surface area contributed by atoms with Gasteiger partial charge in [0.25, 0.3) is 0 Å². The van der Waals surface area contributed by atoms with Gasteiger partial charge in [0.15, 0.2) is 0 Å². The quantitative estimate of drug-likeness (QED) is 0.772. The van der Waals surface area contributed by atoms with Gasteiger partial charge in [-0.1, -0.05) is 13.8 Å². The maximum Gasteiger partial charge on any atom is 0.238 e. The Morgan fingerprint density at radius 3 is 2.75 bits per heavy atom. The van der Waals surface area contributed by atoms with E-state index >= 15 is 0 Å². The molecule has 0 bridgehead atoms. The van der Waals surface area contributed by atoms with Crippen molar-refractivity contribution in [2.75, 3.05) is 18.1 Å². The third kappa shape index (κ3) is 5.21. The van der Waals surface area contributed by atoms with Crippen molar-refractivity contribution >= 4 is 17.7 Å². The van der Waals surface area contributed by atoms with Crippen LogP contribution in [0, 0.1) is 5.92 Å². The first-order valence-corrected chi connectivity index (χ1v) is 7.36. The van der Waals surface area contributed by atoms with Crippen LogP contribution in [-0.4, -0.2) is 36.0 Å². The molecule has 1 aliphatic rings. The van der Waals surface area contributed by atoms with Crippen LogP contribution in [0.2, 0.25) is 0 Å². The SMILES string of the molecule is CC(C)CCC(C)NC(=O)C1CSCCN1. The fraction of sp³-hybridized carbons (Fsp3) is 0.917. The molecule has 2 N–H and O–H groups in total. The Labute approximate surface area is 103 Å². The highest BCUT2D eigenvalue weighted by molar-refractivity contribution is 7.99. The molecule has 1 heterocycles. The molecule has 1 amide bonds. The van der Waals surface area contributed by atoms with Crippen LogP contribution >= 0.6 is 11.8 Å². The van der Waals surface area contributed by atoms with Crippen molar-refractivity contribution in [3.8, 4) is 0 Å². The number of thioether (sulfide) groups is 1. The first-order chi connectivity index (χ1) is 7.59. The third-order valence-electron chi connectivity index (χ3n) is 2.80. The van der Waals surface area contributed by atoms with Crippen molar-refractivity contribution < 1.29 is 4.79 Å². The zero-order chi connectivity index (χ0) is 12.0. The van der Waals surface area contributed by atoms with E-state index in [0.717, 1.165) is 24.5 Å². The predicted molar refractivity (Wildman–Crippen MR) is 70.8 cm³/mol.